The minimum absolute atomic E-state index is 1.09. The SMILES string of the molecule is Brc1ccc(-c2ccc(Br)cc2)cc1.Brc1ccc(-c2ccc(N(c3ccccc3)c3cccc4ccccc34)cc2)cc1.c1ccc(Nc2cccc3ccccc23)cc1. The molecule has 296 valence electrons. The standard InChI is InChI=1S/C28H20BrN.C16H13N.C12H8Br2/c29-24-17-13-21(14-18-24)22-15-19-26(20-16-22)30(25-9-2-1-3-10-25)28-12-6-8-23-7-4-5-11-27(23)28;1-2-9-14(10-3-1)17-16-12-6-8-13-7-4-5-11-15(13)16;13-11-5-1-9(2-6-11)10-3-7-12(14)8-4-10/h1-20H;1-12,17H;1-8H. The zero-order chi connectivity index (χ0) is 41.8. The van der Waals surface area contributed by atoms with E-state index in [4.69, 9.17) is 0 Å². The van der Waals surface area contributed by atoms with E-state index in [9.17, 15) is 0 Å². The molecule has 0 bridgehead atoms. The molecule has 0 fully saturated rings. The Balaban J connectivity index is 0.000000140. The molecule has 10 rings (SSSR count). The van der Waals surface area contributed by atoms with Gasteiger partial charge >= 0.3 is 0 Å². The van der Waals surface area contributed by atoms with Gasteiger partial charge in [-0.05, 0) is 118 Å². The summed E-state index contributed by atoms with van der Waals surface area (Å²) in [5.74, 6) is 0. The number of hydrogen-bond acceptors (Lipinski definition) is 2. The average Bonchev–Trinajstić information content (AvgIpc) is 3.32. The lowest BCUT2D eigenvalue weighted by atomic mass is 10.0. The van der Waals surface area contributed by atoms with Gasteiger partial charge in [0.05, 0.1) is 5.69 Å². The zero-order valence-electron chi connectivity index (χ0n) is 33.2. The Morgan fingerprint density at radius 3 is 1.20 bits per heavy atom. The number of para-hydroxylation sites is 2. The number of anilines is 5. The number of halogens is 3. The quantitative estimate of drug-likeness (QED) is 0.171. The van der Waals surface area contributed by atoms with Crippen LogP contribution in [0.15, 0.2) is 256 Å². The van der Waals surface area contributed by atoms with Crippen LogP contribution in [0.25, 0.3) is 43.8 Å². The number of nitrogens with one attached hydrogen (secondary N) is 1. The summed E-state index contributed by atoms with van der Waals surface area (Å²) in [6.07, 6.45) is 0. The molecule has 61 heavy (non-hydrogen) atoms. The Morgan fingerprint density at radius 2 is 0.672 bits per heavy atom. The molecule has 0 atom stereocenters. The van der Waals surface area contributed by atoms with E-state index in [1.165, 1.54) is 49.5 Å². The third-order valence-electron chi connectivity index (χ3n) is 10.2. The van der Waals surface area contributed by atoms with E-state index in [0.29, 0.717) is 0 Å². The van der Waals surface area contributed by atoms with Crippen LogP contribution in [0, 0.1) is 0 Å². The second-order valence-electron chi connectivity index (χ2n) is 14.3. The van der Waals surface area contributed by atoms with Crippen LogP contribution in [0.2, 0.25) is 0 Å². The van der Waals surface area contributed by atoms with Crippen molar-refractivity contribution in [1.82, 2.24) is 0 Å². The van der Waals surface area contributed by atoms with E-state index in [-0.39, 0.29) is 0 Å². The first kappa shape index (κ1) is 41.5. The fourth-order valence-corrected chi connectivity index (χ4v) is 7.94. The molecule has 0 unspecified atom stereocenters. The zero-order valence-corrected chi connectivity index (χ0v) is 37.9. The first-order valence-corrected chi connectivity index (χ1v) is 22.4. The van der Waals surface area contributed by atoms with E-state index in [1.54, 1.807) is 0 Å². The molecule has 0 aliphatic carbocycles. The van der Waals surface area contributed by atoms with E-state index < -0.39 is 0 Å². The molecule has 2 nitrogen and oxygen atoms in total. The van der Waals surface area contributed by atoms with Crippen molar-refractivity contribution in [2.24, 2.45) is 0 Å². The Labute approximate surface area is 383 Å². The predicted octanol–water partition coefficient (Wildman–Crippen LogP) is 18.2. The molecule has 10 aromatic rings. The lowest BCUT2D eigenvalue weighted by Gasteiger charge is -2.27. The van der Waals surface area contributed by atoms with Gasteiger partial charge in [0.25, 0.3) is 0 Å². The summed E-state index contributed by atoms with van der Waals surface area (Å²) in [7, 11) is 0. The van der Waals surface area contributed by atoms with Crippen molar-refractivity contribution < 1.29 is 0 Å². The van der Waals surface area contributed by atoms with Crippen LogP contribution < -0.4 is 10.2 Å². The highest BCUT2D eigenvalue weighted by Gasteiger charge is 2.15. The smallest absolute Gasteiger partial charge is 0.0540 e. The molecule has 10 aromatic carbocycles. The molecular formula is C56H41Br3N2. The molecule has 0 aromatic heterocycles. The number of rotatable bonds is 7. The molecule has 0 aliphatic heterocycles. The van der Waals surface area contributed by atoms with Gasteiger partial charge in [-0.25, -0.2) is 0 Å². The Kier molecular flexibility index (Phi) is 13.8. The number of nitrogens with zero attached hydrogens (tertiary/aromatic N) is 1. The first-order chi connectivity index (χ1) is 30.0. The van der Waals surface area contributed by atoms with Gasteiger partial charge in [-0.1, -0.05) is 206 Å². The fourth-order valence-electron chi connectivity index (χ4n) is 7.15. The number of benzene rings is 10. The summed E-state index contributed by atoms with van der Waals surface area (Å²) < 4.78 is 3.31. The largest absolute Gasteiger partial charge is 0.355 e. The minimum atomic E-state index is 1.09. The average molecular weight is 982 g/mol. The minimum Gasteiger partial charge on any atom is -0.355 e. The van der Waals surface area contributed by atoms with Gasteiger partial charge in [-0.2, -0.15) is 0 Å². The predicted molar refractivity (Wildman–Crippen MR) is 273 cm³/mol. The van der Waals surface area contributed by atoms with Crippen molar-refractivity contribution in [2.45, 2.75) is 0 Å². The molecule has 0 spiro atoms. The lowest BCUT2D eigenvalue weighted by Crippen LogP contribution is -2.10. The van der Waals surface area contributed by atoms with Crippen molar-refractivity contribution in [3.63, 3.8) is 0 Å². The van der Waals surface area contributed by atoms with Gasteiger partial charge in [0.15, 0.2) is 0 Å². The Morgan fingerprint density at radius 1 is 0.295 bits per heavy atom. The maximum Gasteiger partial charge on any atom is 0.0540 e. The van der Waals surface area contributed by atoms with Crippen LogP contribution in [-0.2, 0) is 0 Å². The molecule has 0 saturated carbocycles. The highest BCUT2D eigenvalue weighted by Crippen LogP contribution is 2.39. The maximum absolute atomic E-state index is 3.51. The second-order valence-corrected chi connectivity index (χ2v) is 17.0. The second kappa shape index (κ2) is 20.3. The van der Waals surface area contributed by atoms with E-state index in [1.807, 2.05) is 18.2 Å². The monoisotopic (exact) mass is 978 g/mol. The van der Waals surface area contributed by atoms with Gasteiger partial charge < -0.3 is 10.2 Å². The highest BCUT2D eigenvalue weighted by molar-refractivity contribution is 9.11. The van der Waals surface area contributed by atoms with E-state index in [2.05, 4.69) is 282 Å². The summed E-state index contributed by atoms with van der Waals surface area (Å²) in [5, 5.41) is 8.43. The van der Waals surface area contributed by atoms with Crippen LogP contribution in [0.1, 0.15) is 0 Å². The molecule has 0 heterocycles. The van der Waals surface area contributed by atoms with Gasteiger partial charge in [0.1, 0.15) is 0 Å². The van der Waals surface area contributed by atoms with Gasteiger partial charge in [0, 0.05) is 46.9 Å². The number of fused-ring (bicyclic) bond motifs is 2. The molecule has 5 heteroatoms. The lowest BCUT2D eigenvalue weighted by molar-refractivity contribution is 1.30. The van der Waals surface area contributed by atoms with Crippen LogP contribution in [-0.4, -0.2) is 0 Å². The Bertz CT molecular complexity index is 2880. The van der Waals surface area contributed by atoms with Gasteiger partial charge in [0.2, 0.25) is 0 Å². The molecular weight excluding hydrogens is 940 g/mol. The third kappa shape index (κ3) is 10.7. The van der Waals surface area contributed by atoms with Crippen LogP contribution in [0.5, 0.6) is 0 Å². The van der Waals surface area contributed by atoms with Gasteiger partial charge in [-0.15, -0.1) is 0 Å². The topological polar surface area (TPSA) is 15.3 Å². The van der Waals surface area contributed by atoms with Crippen molar-refractivity contribution in [3.05, 3.63) is 256 Å². The molecule has 0 amide bonds. The van der Waals surface area contributed by atoms with Gasteiger partial charge in [-0.3, -0.25) is 0 Å². The molecule has 0 saturated heterocycles. The Hall–Kier alpha value is -6.24. The van der Waals surface area contributed by atoms with Crippen LogP contribution in [0.4, 0.5) is 28.4 Å². The van der Waals surface area contributed by atoms with Crippen LogP contribution >= 0.6 is 47.8 Å². The van der Waals surface area contributed by atoms with Crippen molar-refractivity contribution in [2.75, 3.05) is 10.2 Å². The summed E-state index contributed by atoms with van der Waals surface area (Å²) >= 11 is 10.4. The summed E-state index contributed by atoms with van der Waals surface area (Å²) in [6.45, 7) is 0. The van der Waals surface area contributed by atoms with Crippen molar-refractivity contribution in [3.8, 4) is 22.3 Å². The van der Waals surface area contributed by atoms with E-state index >= 15 is 0 Å². The number of hydrogen-bond donors (Lipinski definition) is 1. The molecule has 0 aliphatic rings. The molecule has 0 radical (unpaired) electrons. The van der Waals surface area contributed by atoms with Crippen molar-refractivity contribution >= 4 is 97.8 Å². The fraction of sp³-hybridized carbons (Fsp3) is 0. The van der Waals surface area contributed by atoms with Crippen molar-refractivity contribution in [1.29, 1.82) is 0 Å². The van der Waals surface area contributed by atoms with E-state index in [0.717, 1.165) is 36.2 Å². The maximum atomic E-state index is 3.51. The van der Waals surface area contributed by atoms with Crippen LogP contribution in [0.3, 0.4) is 0 Å². The molecule has 1 N–H and O–H groups in total. The third-order valence-corrected chi connectivity index (χ3v) is 11.8. The summed E-state index contributed by atoms with van der Waals surface area (Å²) in [4.78, 5) is 2.33. The summed E-state index contributed by atoms with van der Waals surface area (Å²) in [5.41, 5.74) is 10.6. The first-order valence-electron chi connectivity index (χ1n) is 20.0. The highest BCUT2D eigenvalue weighted by atomic mass is 79.9. The normalized spacial score (nSPS) is 10.5. The summed E-state index contributed by atoms with van der Waals surface area (Å²) in [6, 6.07) is 84.4.